The van der Waals surface area contributed by atoms with Crippen LogP contribution in [0.1, 0.15) is 98.3 Å². The van der Waals surface area contributed by atoms with Crippen LogP contribution in [0.2, 0.25) is 0 Å². The fraction of sp³-hybridized carbons (Fsp3) is 0.875. The summed E-state index contributed by atoms with van der Waals surface area (Å²) in [7, 11) is 1.41. The van der Waals surface area contributed by atoms with Gasteiger partial charge in [0.05, 0.1) is 12.7 Å². The van der Waals surface area contributed by atoms with E-state index in [1.165, 1.54) is 39.2 Å². The predicted octanol–water partition coefficient (Wildman–Crippen LogP) is 6.03. The van der Waals surface area contributed by atoms with Crippen LogP contribution in [0.25, 0.3) is 0 Å². The van der Waals surface area contributed by atoms with E-state index in [1.54, 1.807) is 10.5 Å². The SMILES string of the molecule is CC[C@]1(O)CC[C@@]2(C)C(=CC[C@H]3[C@@H]4CC[C@H]([C@H](C)CCC(=O)N5CCN(C(=O)OC)CC5)[C@@]4(C)CC[C@@H]32)C1. The van der Waals surface area contributed by atoms with Crippen molar-refractivity contribution in [3.8, 4) is 0 Å². The molecule has 1 heterocycles. The lowest BCUT2D eigenvalue weighted by Crippen LogP contribution is -2.52. The maximum atomic E-state index is 13.0. The number of hydrogen-bond donors (Lipinski definition) is 1. The van der Waals surface area contributed by atoms with Crippen LogP contribution in [0, 0.1) is 40.4 Å². The number of hydrogen-bond acceptors (Lipinski definition) is 4. The third-order valence-electron chi connectivity index (χ3n) is 12.6. The number of methoxy groups -OCH3 is 1. The molecule has 0 aromatic carbocycles. The predicted molar refractivity (Wildman–Crippen MR) is 149 cm³/mol. The van der Waals surface area contributed by atoms with Gasteiger partial charge in [-0.2, -0.15) is 0 Å². The molecular formula is C32H52N2O4. The minimum atomic E-state index is -0.485. The summed E-state index contributed by atoms with van der Waals surface area (Å²) in [5.41, 5.74) is 1.74. The van der Waals surface area contributed by atoms with Gasteiger partial charge in [0.1, 0.15) is 0 Å². The van der Waals surface area contributed by atoms with Crippen LogP contribution >= 0.6 is 0 Å². The summed E-state index contributed by atoms with van der Waals surface area (Å²) in [6.07, 6.45) is 14.2. The van der Waals surface area contributed by atoms with E-state index in [2.05, 4.69) is 33.8 Å². The second kappa shape index (κ2) is 10.4. The van der Waals surface area contributed by atoms with Gasteiger partial charge in [0, 0.05) is 32.6 Å². The highest BCUT2D eigenvalue weighted by Gasteiger charge is 2.59. The number of fused-ring (bicyclic) bond motifs is 5. The van der Waals surface area contributed by atoms with Gasteiger partial charge in [0.2, 0.25) is 5.91 Å². The summed E-state index contributed by atoms with van der Waals surface area (Å²) < 4.78 is 4.82. The Kier molecular flexibility index (Phi) is 7.69. The van der Waals surface area contributed by atoms with E-state index in [1.807, 2.05) is 4.90 Å². The Hall–Kier alpha value is -1.56. The molecule has 5 aliphatic rings. The van der Waals surface area contributed by atoms with E-state index in [0.717, 1.165) is 49.9 Å². The maximum absolute atomic E-state index is 13.0. The molecule has 4 fully saturated rings. The Bertz CT molecular complexity index is 942. The van der Waals surface area contributed by atoms with Crippen molar-refractivity contribution in [2.75, 3.05) is 33.3 Å². The summed E-state index contributed by atoms with van der Waals surface area (Å²) in [6.45, 7) is 12.0. The van der Waals surface area contributed by atoms with Crippen molar-refractivity contribution >= 4 is 12.0 Å². The van der Waals surface area contributed by atoms with E-state index < -0.39 is 5.60 Å². The fourth-order valence-electron chi connectivity index (χ4n) is 9.97. The Labute approximate surface area is 230 Å². The lowest BCUT2D eigenvalue weighted by atomic mass is 9.46. The summed E-state index contributed by atoms with van der Waals surface area (Å²) in [6, 6.07) is 0. The van der Waals surface area contributed by atoms with Crippen molar-refractivity contribution in [2.45, 2.75) is 104 Å². The van der Waals surface area contributed by atoms with Crippen LogP contribution in [0.5, 0.6) is 0 Å². The normalized spacial score (nSPS) is 41.5. The first-order valence-corrected chi connectivity index (χ1v) is 15.6. The van der Waals surface area contributed by atoms with Crippen LogP contribution in [0.15, 0.2) is 11.6 Å². The molecule has 0 bridgehead atoms. The molecule has 214 valence electrons. The highest BCUT2D eigenvalue weighted by molar-refractivity contribution is 5.76. The molecule has 4 aliphatic carbocycles. The maximum Gasteiger partial charge on any atom is 0.409 e. The average molecular weight is 529 g/mol. The smallest absolute Gasteiger partial charge is 0.409 e. The van der Waals surface area contributed by atoms with Gasteiger partial charge in [0.25, 0.3) is 0 Å². The summed E-state index contributed by atoms with van der Waals surface area (Å²) in [4.78, 5) is 28.4. The standard InChI is InChI=1S/C32H52N2O4/c1-6-32(37)16-15-30(3)23(21-32)8-9-24-26-11-10-25(31(26,4)14-13-27(24)30)22(2)7-12-28(35)33-17-19-34(20-18-33)29(36)38-5/h8,22,24-27,37H,6-7,9-21H2,1-5H3/t22-,24+,25-,26+,27+,30+,31-,32+/m1/s1. The number of rotatable bonds is 5. The number of ether oxygens (including phenoxy) is 1. The molecule has 0 unspecified atom stereocenters. The third kappa shape index (κ3) is 4.71. The molecule has 3 saturated carbocycles. The van der Waals surface area contributed by atoms with E-state index in [4.69, 9.17) is 4.74 Å². The molecule has 6 nitrogen and oxygen atoms in total. The van der Waals surface area contributed by atoms with Gasteiger partial charge in [-0.25, -0.2) is 4.79 Å². The molecule has 5 rings (SSSR count). The molecular weight excluding hydrogens is 476 g/mol. The van der Waals surface area contributed by atoms with Crippen LogP contribution in [-0.2, 0) is 9.53 Å². The second-order valence-electron chi connectivity index (χ2n) is 14.1. The zero-order valence-electron chi connectivity index (χ0n) is 24.6. The van der Waals surface area contributed by atoms with Crippen LogP contribution in [0.3, 0.4) is 0 Å². The van der Waals surface area contributed by atoms with Gasteiger partial charge >= 0.3 is 6.09 Å². The zero-order chi connectivity index (χ0) is 27.3. The number of aliphatic hydroxyl groups is 1. The van der Waals surface area contributed by atoms with E-state index in [-0.39, 0.29) is 17.4 Å². The largest absolute Gasteiger partial charge is 0.453 e. The molecule has 1 aliphatic heterocycles. The lowest BCUT2D eigenvalue weighted by molar-refractivity contribution is -0.133. The Balaban J connectivity index is 1.19. The minimum Gasteiger partial charge on any atom is -0.453 e. The average Bonchev–Trinajstić information content (AvgIpc) is 3.29. The number of carbonyl (C=O) groups excluding carboxylic acids is 2. The quantitative estimate of drug-likeness (QED) is 0.442. The Morgan fingerprint density at radius 1 is 1.05 bits per heavy atom. The van der Waals surface area contributed by atoms with Crippen molar-refractivity contribution in [3.05, 3.63) is 11.6 Å². The molecule has 0 aromatic heterocycles. The lowest BCUT2D eigenvalue weighted by Gasteiger charge is -2.59. The highest BCUT2D eigenvalue weighted by atomic mass is 16.5. The Morgan fingerprint density at radius 3 is 2.45 bits per heavy atom. The van der Waals surface area contributed by atoms with Crippen LogP contribution < -0.4 is 0 Å². The van der Waals surface area contributed by atoms with Crippen molar-refractivity contribution in [1.29, 1.82) is 0 Å². The number of amides is 2. The molecule has 38 heavy (non-hydrogen) atoms. The van der Waals surface area contributed by atoms with Gasteiger partial charge < -0.3 is 19.6 Å². The van der Waals surface area contributed by atoms with Crippen LogP contribution in [0.4, 0.5) is 4.79 Å². The first-order chi connectivity index (χ1) is 18.0. The molecule has 1 N–H and O–H groups in total. The van der Waals surface area contributed by atoms with Crippen molar-refractivity contribution in [3.63, 3.8) is 0 Å². The molecule has 8 atom stereocenters. The van der Waals surface area contributed by atoms with Gasteiger partial charge in [0.15, 0.2) is 0 Å². The first-order valence-electron chi connectivity index (χ1n) is 15.6. The molecule has 1 saturated heterocycles. The van der Waals surface area contributed by atoms with Gasteiger partial charge in [-0.15, -0.1) is 0 Å². The molecule has 0 spiro atoms. The molecule has 0 aromatic rings. The van der Waals surface area contributed by atoms with Gasteiger partial charge in [-0.1, -0.05) is 39.3 Å². The summed E-state index contributed by atoms with van der Waals surface area (Å²) in [5.74, 6) is 3.83. The molecule has 6 heteroatoms. The molecule has 2 amide bonds. The number of carbonyl (C=O) groups is 2. The second-order valence-corrected chi connectivity index (χ2v) is 14.1. The fourth-order valence-corrected chi connectivity index (χ4v) is 9.97. The third-order valence-corrected chi connectivity index (χ3v) is 12.6. The van der Waals surface area contributed by atoms with Crippen molar-refractivity contribution in [1.82, 2.24) is 9.80 Å². The van der Waals surface area contributed by atoms with Gasteiger partial charge in [-0.3, -0.25) is 4.79 Å². The monoisotopic (exact) mass is 528 g/mol. The van der Waals surface area contributed by atoms with Gasteiger partial charge in [-0.05, 0) is 105 Å². The number of nitrogens with zero attached hydrogens (tertiary/aromatic N) is 2. The Morgan fingerprint density at radius 2 is 1.76 bits per heavy atom. The summed E-state index contributed by atoms with van der Waals surface area (Å²) >= 11 is 0. The minimum absolute atomic E-state index is 0.243. The number of allylic oxidation sites excluding steroid dienone is 1. The van der Waals surface area contributed by atoms with Crippen molar-refractivity contribution in [2.24, 2.45) is 40.4 Å². The first kappa shape index (κ1) is 28.0. The zero-order valence-corrected chi connectivity index (χ0v) is 24.6. The van der Waals surface area contributed by atoms with E-state index >= 15 is 0 Å². The molecule has 0 radical (unpaired) electrons. The van der Waals surface area contributed by atoms with E-state index in [0.29, 0.717) is 49.9 Å². The van der Waals surface area contributed by atoms with Crippen LogP contribution in [-0.4, -0.2) is 65.8 Å². The van der Waals surface area contributed by atoms with E-state index in [9.17, 15) is 14.7 Å². The summed E-state index contributed by atoms with van der Waals surface area (Å²) in [5, 5.41) is 11.0. The highest BCUT2D eigenvalue weighted by Crippen LogP contribution is 2.67. The topological polar surface area (TPSA) is 70.1 Å². The van der Waals surface area contributed by atoms with Crippen molar-refractivity contribution < 1.29 is 19.4 Å². The number of piperazine rings is 1.